The molecule has 2 amide bonds. The van der Waals surface area contributed by atoms with Crippen molar-refractivity contribution in [1.29, 1.82) is 0 Å². The van der Waals surface area contributed by atoms with Crippen LogP contribution in [0.3, 0.4) is 0 Å². The van der Waals surface area contributed by atoms with E-state index in [2.05, 4.69) is 5.32 Å². The molecular weight excluding hydrogens is 405 g/mol. The average molecular weight is 418 g/mol. The normalized spacial score (nSPS) is 18.9. The van der Waals surface area contributed by atoms with Gasteiger partial charge in [-0.25, -0.2) is 12.7 Å². The third-order valence-corrected chi connectivity index (χ3v) is 7.06. The van der Waals surface area contributed by atoms with Gasteiger partial charge in [-0.15, -0.1) is 11.3 Å². The Hall–Kier alpha value is -2.40. The monoisotopic (exact) mass is 418 g/mol. The number of thiophene rings is 1. The summed E-state index contributed by atoms with van der Waals surface area (Å²) in [6.45, 7) is 1.63. The SMILES string of the molecule is Cc1cc2c(s1)C(C(=O)Nc1cccc(C(F)(F)F)c1)C(=O)N(C)S2(=O)=O. The molecule has 144 valence electrons. The van der Waals surface area contributed by atoms with Crippen LogP contribution < -0.4 is 5.32 Å². The molecule has 2 aromatic rings. The molecule has 0 spiro atoms. The van der Waals surface area contributed by atoms with E-state index in [9.17, 15) is 31.2 Å². The van der Waals surface area contributed by atoms with E-state index in [1.54, 1.807) is 6.92 Å². The molecule has 0 saturated heterocycles. The maximum atomic E-state index is 12.8. The average Bonchev–Trinajstić information content (AvgIpc) is 2.95. The summed E-state index contributed by atoms with van der Waals surface area (Å²) in [5, 5.41) is 2.28. The van der Waals surface area contributed by atoms with Crippen LogP contribution in [0.15, 0.2) is 35.2 Å². The summed E-state index contributed by atoms with van der Waals surface area (Å²) >= 11 is 0.985. The van der Waals surface area contributed by atoms with E-state index in [0.29, 0.717) is 9.18 Å². The number of fused-ring (bicyclic) bond motifs is 1. The highest BCUT2D eigenvalue weighted by Gasteiger charge is 2.46. The molecule has 1 aliphatic heterocycles. The van der Waals surface area contributed by atoms with Crippen molar-refractivity contribution in [3.8, 4) is 0 Å². The van der Waals surface area contributed by atoms with Crippen molar-refractivity contribution in [3.63, 3.8) is 0 Å². The van der Waals surface area contributed by atoms with E-state index in [0.717, 1.165) is 36.6 Å². The number of benzene rings is 1. The van der Waals surface area contributed by atoms with Crippen molar-refractivity contribution >= 4 is 38.9 Å². The fourth-order valence-electron chi connectivity index (χ4n) is 2.69. The zero-order valence-electron chi connectivity index (χ0n) is 14.0. The van der Waals surface area contributed by atoms with Gasteiger partial charge in [0.15, 0.2) is 5.92 Å². The predicted octanol–water partition coefficient (Wildman–Crippen LogP) is 2.96. The number of halogens is 3. The molecule has 1 atom stereocenters. The van der Waals surface area contributed by atoms with Crippen LogP contribution in [0.4, 0.5) is 18.9 Å². The van der Waals surface area contributed by atoms with Crippen molar-refractivity contribution in [1.82, 2.24) is 4.31 Å². The van der Waals surface area contributed by atoms with Gasteiger partial charge in [-0.3, -0.25) is 9.59 Å². The highest BCUT2D eigenvalue weighted by atomic mass is 32.2. The molecule has 0 fully saturated rings. The number of nitrogens with zero attached hydrogens (tertiary/aromatic N) is 1. The molecule has 0 aliphatic carbocycles. The van der Waals surface area contributed by atoms with Crippen molar-refractivity contribution in [2.45, 2.75) is 23.9 Å². The number of sulfonamides is 1. The van der Waals surface area contributed by atoms with Gasteiger partial charge in [-0.1, -0.05) is 6.07 Å². The number of amides is 2. The van der Waals surface area contributed by atoms with E-state index in [4.69, 9.17) is 0 Å². The smallest absolute Gasteiger partial charge is 0.325 e. The minimum Gasteiger partial charge on any atom is -0.325 e. The Labute approximate surface area is 156 Å². The number of nitrogens with one attached hydrogen (secondary N) is 1. The molecule has 6 nitrogen and oxygen atoms in total. The summed E-state index contributed by atoms with van der Waals surface area (Å²) in [5.74, 6) is -3.32. The maximum Gasteiger partial charge on any atom is 0.416 e. The number of hydrogen-bond acceptors (Lipinski definition) is 5. The fourth-order valence-corrected chi connectivity index (χ4v) is 5.55. The minimum absolute atomic E-state index is 0.0556. The molecule has 27 heavy (non-hydrogen) atoms. The standard InChI is InChI=1S/C16H13F3N2O4S2/c1-8-6-11-13(26-8)12(15(23)21(2)27(11,24)25)14(22)20-10-5-3-4-9(7-10)16(17,18)19/h3-7,12H,1-2H3,(H,20,22). The summed E-state index contributed by atoms with van der Waals surface area (Å²) in [5.41, 5.74) is -1.10. The lowest BCUT2D eigenvalue weighted by molar-refractivity contribution is -0.138. The van der Waals surface area contributed by atoms with Gasteiger partial charge in [0.05, 0.1) is 5.56 Å². The number of anilines is 1. The summed E-state index contributed by atoms with van der Waals surface area (Å²) in [7, 11) is -3.01. The van der Waals surface area contributed by atoms with E-state index in [1.165, 1.54) is 12.1 Å². The summed E-state index contributed by atoms with van der Waals surface area (Å²) in [6, 6.07) is 5.33. The number of rotatable bonds is 2. The van der Waals surface area contributed by atoms with Gasteiger partial charge in [0, 0.05) is 22.5 Å². The Balaban J connectivity index is 1.99. The lowest BCUT2D eigenvalue weighted by Crippen LogP contribution is -2.45. The Kier molecular flexibility index (Phi) is 4.55. The first-order chi connectivity index (χ1) is 12.4. The molecule has 1 aromatic carbocycles. The summed E-state index contributed by atoms with van der Waals surface area (Å²) in [6.07, 6.45) is -4.59. The second kappa shape index (κ2) is 6.34. The van der Waals surface area contributed by atoms with Crippen molar-refractivity contribution < 1.29 is 31.2 Å². The van der Waals surface area contributed by atoms with Crippen LogP contribution >= 0.6 is 11.3 Å². The quantitative estimate of drug-likeness (QED) is 0.760. The molecular formula is C16H13F3N2O4S2. The maximum absolute atomic E-state index is 12.8. The number of hydrogen-bond donors (Lipinski definition) is 1. The number of alkyl halides is 3. The van der Waals surface area contributed by atoms with Crippen LogP contribution in [0.1, 0.15) is 21.2 Å². The number of likely N-dealkylation sites (N-methyl/N-ethyl adjacent to an activating group) is 1. The molecule has 1 unspecified atom stereocenters. The predicted molar refractivity (Wildman–Crippen MR) is 91.8 cm³/mol. The van der Waals surface area contributed by atoms with Crippen LogP contribution in [-0.2, 0) is 25.8 Å². The number of carbonyl (C=O) groups is 2. The third kappa shape index (κ3) is 3.32. The molecule has 0 saturated carbocycles. The van der Waals surface area contributed by atoms with Crippen molar-refractivity contribution in [3.05, 3.63) is 45.6 Å². The van der Waals surface area contributed by atoms with Crippen LogP contribution in [0, 0.1) is 6.92 Å². The van der Waals surface area contributed by atoms with Gasteiger partial charge in [-0.2, -0.15) is 13.2 Å². The third-order valence-electron chi connectivity index (χ3n) is 4.03. The van der Waals surface area contributed by atoms with Gasteiger partial charge in [-0.05, 0) is 31.2 Å². The van der Waals surface area contributed by atoms with E-state index >= 15 is 0 Å². The second-order valence-electron chi connectivity index (χ2n) is 5.90. The molecule has 1 N–H and O–H groups in total. The first kappa shape index (κ1) is 19.4. The van der Waals surface area contributed by atoms with Crippen molar-refractivity contribution in [2.24, 2.45) is 0 Å². The lowest BCUT2D eigenvalue weighted by Gasteiger charge is -2.28. The van der Waals surface area contributed by atoms with Crippen LogP contribution in [0.2, 0.25) is 0 Å². The van der Waals surface area contributed by atoms with E-state index in [-0.39, 0.29) is 15.5 Å². The Bertz CT molecular complexity index is 1040. The summed E-state index contributed by atoms with van der Waals surface area (Å²) in [4.78, 5) is 25.6. The molecule has 0 bridgehead atoms. The fraction of sp³-hybridized carbons (Fsp3) is 0.250. The van der Waals surface area contributed by atoms with Gasteiger partial charge in [0.2, 0.25) is 5.91 Å². The van der Waals surface area contributed by atoms with Gasteiger partial charge in [0.1, 0.15) is 4.90 Å². The number of carbonyl (C=O) groups excluding carboxylic acids is 2. The lowest BCUT2D eigenvalue weighted by atomic mass is 10.0. The largest absolute Gasteiger partial charge is 0.416 e. The Morgan fingerprint density at radius 1 is 1.26 bits per heavy atom. The molecule has 2 heterocycles. The van der Waals surface area contributed by atoms with Crippen molar-refractivity contribution in [2.75, 3.05) is 12.4 Å². The molecule has 0 radical (unpaired) electrons. The molecule has 11 heteroatoms. The molecule has 1 aliphatic rings. The van der Waals surface area contributed by atoms with Gasteiger partial charge >= 0.3 is 6.18 Å². The van der Waals surface area contributed by atoms with Crippen LogP contribution in [0.5, 0.6) is 0 Å². The number of aryl methyl sites for hydroxylation is 1. The first-order valence-corrected chi connectivity index (χ1v) is 9.80. The van der Waals surface area contributed by atoms with Gasteiger partial charge < -0.3 is 5.32 Å². The zero-order chi connectivity index (χ0) is 20.1. The second-order valence-corrected chi connectivity index (χ2v) is 9.12. The van der Waals surface area contributed by atoms with Gasteiger partial charge in [0.25, 0.3) is 15.9 Å². The minimum atomic E-state index is -4.59. The first-order valence-electron chi connectivity index (χ1n) is 7.54. The highest BCUT2D eigenvalue weighted by Crippen LogP contribution is 2.40. The topological polar surface area (TPSA) is 83.6 Å². The van der Waals surface area contributed by atoms with Crippen LogP contribution in [0.25, 0.3) is 0 Å². The van der Waals surface area contributed by atoms with E-state index in [1.807, 2.05) is 0 Å². The Morgan fingerprint density at radius 3 is 2.56 bits per heavy atom. The van der Waals surface area contributed by atoms with Crippen LogP contribution in [-0.4, -0.2) is 31.6 Å². The Morgan fingerprint density at radius 2 is 1.93 bits per heavy atom. The highest BCUT2D eigenvalue weighted by molar-refractivity contribution is 7.90. The summed E-state index contributed by atoms with van der Waals surface area (Å²) < 4.78 is 63.7. The molecule has 1 aromatic heterocycles. The zero-order valence-corrected chi connectivity index (χ0v) is 15.6. The molecule has 3 rings (SSSR count). The van der Waals surface area contributed by atoms with E-state index < -0.39 is 39.5 Å².